The van der Waals surface area contributed by atoms with Crippen LogP contribution in [-0.4, -0.2) is 11.7 Å². The first-order chi connectivity index (χ1) is 11.1. The van der Waals surface area contributed by atoms with Crippen molar-refractivity contribution in [1.29, 1.82) is 0 Å². The van der Waals surface area contributed by atoms with E-state index in [-0.39, 0.29) is 5.56 Å². The van der Waals surface area contributed by atoms with Gasteiger partial charge in [-0.2, -0.15) is 0 Å². The quantitative estimate of drug-likeness (QED) is 0.576. The number of fused-ring (bicyclic) bond motifs is 1. The Balaban J connectivity index is 1.98. The van der Waals surface area contributed by atoms with Gasteiger partial charge in [0.15, 0.2) is 6.71 Å². The minimum atomic E-state index is -0.0942. The molecule has 0 amide bonds. The smallest absolute Gasteiger partial charge is 0.256 e. The number of benzene rings is 2. The van der Waals surface area contributed by atoms with E-state index >= 15 is 0 Å². The number of hydrogen-bond acceptors (Lipinski definition) is 2. The van der Waals surface area contributed by atoms with Gasteiger partial charge in [-0.1, -0.05) is 73.8 Å². The highest BCUT2D eigenvalue weighted by Gasteiger charge is 2.13. The van der Waals surface area contributed by atoms with E-state index < -0.39 is 0 Å². The minimum Gasteiger partial charge on any atom is -0.321 e. The van der Waals surface area contributed by atoms with Gasteiger partial charge in [0.2, 0.25) is 0 Å². The van der Waals surface area contributed by atoms with Gasteiger partial charge in [-0.15, -0.1) is 0 Å². The monoisotopic (exact) mass is 319 g/mol. The molecule has 0 radical (unpaired) electrons. The van der Waals surface area contributed by atoms with Crippen molar-refractivity contribution in [3.8, 4) is 0 Å². The normalized spacial score (nSPS) is 10.7. The third kappa shape index (κ3) is 3.27. The van der Waals surface area contributed by atoms with Crippen LogP contribution in [0.3, 0.4) is 0 Å². The first-order valence-electron chi connectivity index (χ1n) is 7.64. The van der Waals surface area contributed by atoms with E-state index in [9.17, 15) is 4.79 Å². The largest absolute Gasteiger partial charge is 0.321 e. The van der Waals surface area contributed by atoms with Crippen LogP contribution in [0, 0.1) is 0 Å². The van der Waals surface area contributed by atoms with Gasteiger partial charge in [-0.05, 0) is 23.6 Å². The van der Waals surface area contributed by atoms with Crippen LogP contribution in [0.4, 0.5) is 0 Å². The average Bonchev–Trinajstić information content (AvgIpc) is 2.54. The Morgan fingerprint density at radius 1 is 1.09 bits per heavy atom. The van der Waals surface area contributed by atoms with Crippen LogP contribution in [0.1, 0.15) is 5.56 Å². The summed E-state index contributed by atoms with van der Waals surface area (Å²) >= 11 is 1.56. The van der Waals surface area contributed by atoms with Crippen LogP contribution in [0.25, 0.3) is 15.8 Å². The molecule has 23 heavy (non-hydrogen) atoms. The van der Waals surface area contributed by atoms with Crippen molar-refractivity contribution in [1.82, 2.24) is 4.98 Å². The molecule has 0 spiro atoms. The molecule has 0 aliphatic rings. The average molecular weight is 319 g/mol. The lowest BCUT2D eigenvalue weighted by atomic mass is 9.49. The van der Waals surface area contributed by atoms with Crippen molar-refractivity contribution in [2.45, 2.75) is 18.5 Å². The van der Waals surface area contributed by atoms with Gasteiger partial charge in [0.1, 0.15) is 0 Å². The first kappa shape index (κ1) is 15.7. The number of H-pyrrole nitrogens is 1. The molecular weight excluding hydrogens is 301 g/mol. The highest BCUT2D eigenvalue weighted by atomic mass is 32.2. The van der Waals surface area contributed by atoms with E-state index in [1.165, 1.54) is 5.46 Å². The molecule has 0 aliphatic carbocycles. The third-order valence-corrected chi connectivity index (χ3v) is 4.89. The predicted octanol–water partition coefficient (Wildman–Crippen LogP) is 4.25. The number of hydrogen-bond donors (Lipinski definition) is 1. The summed E-state index contributed by atoms with van der Waals surface area (Å²) in [5.74, 6) is 0. The Labute approximate surface area is 140 Å². The van der Waals surface area contributed by atoms with Crippen LogP contribution in [-0.2, 0) is 0 Å². The van der Waals surface area contributed by atoms with Crippen LogP contribution in [0.2, 0.25) is 13.6 Å². The molecule has 4 heteroatoms. The van der Waals surface area contributed by atoms with Gasteiger partial charge < -0.3 is 4.98 Å². The van der Waals surface area contributed by atoms with Gasteiger partial charge in [-0.25, -0.2) is 0 Å². The van der Waals surface area contributed by atoms with E-state index in [0.717, 1.165) is 20.7 Å². The topological polar surface area (TPSA) is 32.9 Å². The lowest BCUT2D eigenvalue weighted by molar-refractivity contribution is 1.29. The Bertz CT molecular complexity index is 930. The molecular formula is C19H18BNOS. The Hall–Kier alpha value is -2.20. The van der Waals surface area contributed by atoms with Gasteiger partial charge in [0.05, 0.1) is 5.56 Å². The molecule has 1 heterocycles. The summed E-state index contributed by atoms with van der Waals surface area (Å²) in [5, 5.41) is 1.01. The number of thioether (sulfide) groups is 1. The van der Waals surface area contributed by atoms with Gasteiger partial charge >= 0.3 is 0 Å². The van der Waals surface area contributed by atoms with E-state index in [4.69, 9.17) is 0 Å². The molecule has 0 fully saturated rings. The Morgan fingerprint density at radius 2 is 1.78 bits per heavy atom. The maximum atomic E-state index is 12.4. The third-order valence-electron chi connectivity index (χ3n) is 3.83. The SMILES string of the molecule is C=C(Sc1ccccc1B(C)C)c1cc2ccccc2[nH]c1=O. The zero-order chi connectivity index (χ0) is 16.4. The number of rotatable bonds is 4. The summed E-state index contributed by atoms with van der Waals surface area (Å²) in [7, 11) is 0. The van der Waals surface area contributed by atoms with Crippen LogP contribution in [0.5, 0.6) is 0 Å². The highest BCUT2D eigenvalue weighted by molar-refractivity contribution is 8.08. The van der Waals surface area contributed by atoms with Crippen molar-refractivity contribution in [2.24, 2.45) is 0 Å². The standard InChI is InChI=1S/C19H18BNOS/c1-13(23-18-11-7-5-9-16(18)20(2)3)15-12-14-8-4-6-10-17(14)21-19(15)22/h4-12H,1H2,2-3H3,(H,21,22). The summed E-state index contributed by atoms with van der Waals surface area (Å²) in [6, 6.07) is 18.0. The minimum absolute atomic E-state index is 0.0942. The van der Waals surface area contributed by atoms with Crippen molar-refractivity contribution in [2.75, 3.05) is 0 Å². The summed E-state index contributed by atoms with van der Waals surface area (Å²) in [4.78, 5) is 17.2. The van der Waals surface area contributed by atoms with Gasteiger partial charge in [-0.3, -0.25) is 4.79 Å². The van der Waals surface area contributed by atoms with E-state index in [0.29, 0.717) is 12.3 Å². The predicted molar refractivity (Wildman–Crippen MR) is 103 cm³/mol. The fourth-order valence-electron chi connectivity index (χ4n) is 2.59. The zero-order valence-electron chi connectivity index (χ0n) is 13.3. The molecule has 0 saturated heterocycles. The maximum absolute atomic E-state index is 12.4. The number of nitrogens with one attached hydrogen (secondary N) is 1. The molecule has 0 atom stereocenters. The van der Waals surface area contributed by atoms with Crippen LogP contribution < -0.4 is 11.0 Å². The van der Waals surface area contributed by atoms with Crippen LogP contribution in [0.15, 0.2) is 70.9 Å². The number of aromatic amines is 1. The molecule has 0 bridgehead atoms. The van der Waals surface area contributed by atoms with E-state index in [2.05, 4.69) is 37.3 Å². The molecule has 0 aliphatic heterocycles. The second-order valence-electron chi connectivity index (χ2n) is 5.82. The molecule has 2 nitrogen and oxygen atoms in total. The molecule has 3 rings (SSSR count). The summed E-state index contributed by atoms with van der Waals surface area (Å²) in [6.07, 6.45) is 0. The second-order valence-corrected chi connectivity index (χ2v) is 6.95. The lowest BCUT2D eigenvalue weighted by Crippen LogP contribution is -2.24. The van der Waals surface area contributed by atoms with E-state index in [1.807, 2.05) is 42.5 Å². The van der Waals surface area contributed by atoms with Gasteiger partial charge in [0.25, 0.3) is 5.56 Å². The molecule has 1 N–H and O–H groups in total. The number of pyridine rings is 1. The maximum Gasteiger partial charge on any atom is 0.256 e. The molecule has 114 valence electrons. The highest BCUT2D eigenvalue weighted by Crippen LogP contribution is 2.31. The Kier molecular flexibility index (Phi) is 4.44. The Morgan fingerprint density at radius 3 is 2.57 bits per heavy atom. The lowest BCUT2D eigenvalue weighted by Gasteiger charge is -2.12. The zero-order valence-corrected chi connectivity index (χ0v) is 14.1. The van der Waals surface area contributed by atoms with Crippen molar-refractivity contribution < 1.29 is 0 Å². The van der Waals surface area contributed by atoms with Gasteiger partial charge in [0, 0.05) is 15.3 Å². The molecule has 0 saturated carbocycles. The molecule has 1 aromatic heterocycles. The second kappa shape index (κ2) is 6.51. The first-order valence-corrected chi connectivity index (χ1v) is 8.46. The van der Waals surface area contributed by atoms with Crippen molar-refractivity contribution in [3.05, 3.63) is 77.1 Å². The van der Waals surface area contributed by atoms with Crippen LogP contribution >= 0.6 is 11.8 Å². The molecule has 0 unspecified atom stereocenters. The fourth-order valence-corrected chi connectivity index (χ4v) is 3.69. The van der Waals surface area contributed by atoms with Crippen molar-refractivity contribution >= 4 is 39.7 Å². The summed E-state index contributed by atoms with van der Waals surface area (Å²) in [5.41, 5.74) is 2.66. The number of para-hydroxylation sites is 1. The molecule has 2 aromatic carbocycles. The fraction of sp³-hybridized carbons (Fsp3) is 0.105. The summed E-state index contributed by atoms with van der Waals surface area (Å²) in [6.45, 7) is 8.91. The summed E-state index contributed by atoms with van der Waals surface area (Å²) < 4.78 is 0. The molecule has 3 aromatic rings. The number of aromatic nitrogens is 1. The van der Waals surface area contributed by atoms with Crippen molar-refractivity contribution in [3.63, 3.8) is 0 Å². The van der Waals surface area contributed by atoms with E-state index in [1.54, 1.807) is 11.8 Å².